The Bertz CT molecular complexity index is 1420. The first kappa shape index (κ1) is 25.2. The molecule has 1 N–H and O–H groups in total. The largest absolute Gasteiger partial charge is 0.493 e. The van der Waals surface area contributed by atoms with E-state index in [0.29, 0.717) is 29.2 Å². The van der Waals surface area contributed by atoms with Crippen molar-refractivity contribution in [2.75, 3.05) is 64.2 Å². The van der Waals surface area contributed by atoms with Gasteiger partial charge < -0.3 is 29.5 Å². The molecular formula is C31H34N4O4. The van der Waals surface area contributed by atoms with E-state index >= 15 is 0 Å². The SMILES string of the molecule is COc1cc2c(cc1OC)[C@H](C(=O)Nc1ccccc1N1CCN(C)CC1)[C@H]1c3ccccc3CCN1C2=O. The van der Waals surface area contributed by atoms with Crippen molar-refractivity contribution in [3.63, 3.8) is 0 Å². The molecule has 0 aliphatic carbocycles. The summed E-state index contributed by atoms with van der Waals surface area (Å²) in [5.41, 5.74) is 5.12. The summed E-state index contributed by atoms with van der Waals surface area (Å²) in [4.78, 5) is 34.7. The molecule has 0 bridgehead atoms. The normalized spacial score (nSPS) is 20.5. The van der Waals surface area contributed by atoms with Crippen LogP contribution in [0.3, 0.4) is 0 Å². The standard InChI is InChI=1S/C31H34N4O4/c1-33-14-16-34(17-15-33)25-11-7-6-10-24(25)32-30(36)28-22-18-26(38-2)27(39-3)19-23(22)31(37)35-13-12-20-8-4-5-9-21(20)29(28)35/h4-11,18-19,28-29H,12-17H2,1-3H3,(H,32,36)/t28-,29+/m0/s1. The van der Waals surface area contributed by atoms with Crippen LogP contribution in [0.5, 0.6) is 11.5 Å². The van der Waals surface area contributed by atoms with Gasteiger partial charge in [-0.15, -0.1) is 0 Å². The highest BCUT2D eigenvalue weighted by Gasteiger charge is 2.47. The first-order valence-electron chi connectivity index (χ1n) is 13.5. The number of carbonyl (C=O) groups is 2. The van der Waals surface area contributed by atoms with E-state index in [0.717, 1.165) is 49.5 Å². The molecule has 2 atom stereocenters. The van der Waals surface area contributed by atoms with Gasteiger partial charge in [0.25, 0.3) is 5.91 Å². The molecule has 8 heteroatoms. The molecule has 0 unspecified atom stereocenters. The minimum absolute atomic E-state index is 0.0904. The van der Waals surface area contributed by atoms with Crippen LogP contribution in [0, 0.1) is 0 Å². The van der Waals surface area contributed by atoms with E-state index in [9.17, 15) is 9.59 Å². The fraction of sp³-hybridized carbons (Fsp3) is 0.355. The molecule has 3 aromatic carbocycles. The third-order valence-electron chi connectivity index (χ3n) is 8.32. The van der Waals surface area contributed by atoms with Gasteiger partial charge in [-0.3, -0.25) is 9.59 Å². The van der Waals surface area contributed by atoms with Crippen LogP contribution in [0.15, 0.2) is 60.7 Å². The van der Waals surface area contributed by atoms with Gasteiger partial charge in [0.1, 0.15) is 0 Å². The van der Waals surface area contributed by atoms with E-state index < -0.39 is 12.0 Å². The summed E-state index contributed by atoms with van der Waals surface area (Å²) >= 11 is 0. The number of benzene rings is 3. The van der Waals surface area contributed by atoms with E-state index in [1.807, 2.05) is 41.3 Å². The molecule has 1 fully saturated rings. The quantitative estimate of drug-likeness (QED) is 0.543. The number of hydrogen-bond acceptors (Lipinski definition) is 6. The maximum Gasteiger partial charge on any atom is 0.254 e. The fourth-order valence-electron chi connectivity index (χ4n) is 6.25. The smallest absolute Gasteiger partial charge is 0.254 e. The second kappa shape index (κ2) is 10.3. The minimum atomic E-state index is -0.625. The topological polar surface area (TPSA) is 74.4 Å². The Morgan fingerprint density at radius 3 is 2.33 bits per heavy atom. The number of likely N-dealkylation sites (N-methyl/N-ethyl adjacent to an activating group) is 1. The Morgan fingerprint density at radius 2 is 1.56 bits per heavy atom. The molecule has 0 saturated carbocycles. The van der Waals surface area contributed by atoms with Crippen molar-refractivity contribution >= 4 is 23.2 Å². The number of fused-ring (bicyclic) bond motifs is 4. The highest BCUT2D eigenvalue weighted by atomic mass is 16.5. The van der Waals surface area contributed by atoms with Gasteiger partial charge in [0, 0.05) is 38.3 Å². The molecule has 3 aromatic rings. The summed E-state index contributed by atoms with van der Waals surface area (Å²) in [6.07, 6.45) is 0.752. The average molecular weight is 527 g/mol. The Hall–Kier alpha value is -4.04. The summed E-state index contributed by atoms with van der Waals surface area (Å²) in [5.74, 6) is 0.105. The van der Waals surface area contributed by atoms with Crippen molar-refractivity contribution in [1.29, 1.82) is 0 Å². The highest BCUT2D eigenvalue weighted by Crippen LogP contribution is 2.49. The zero-order chi connectivity index (χ0) is 27.1. The van der Waals surface area contributed by atoms with Crippen molar-refractivity contribution < 1.29 is 19.1 Å². The lowest BCUT2D eigenvalue weighted by Gasteiger charge is -2.45. The molecular weight excluding hydrogens is 492 g/mol. The fourth-order valence-corrected chi connectivity index (χ4v) is 6.25. The van der Waals surface area contributed by atoms with Gasteiger partial charge in [-0.1, -0.05) is 36.4 Å². The van der Waals surface area contributed by atoms with Gasteiger partial charge in [0.2, 0.25) is 5.91 Å². The summed E-state index contributed by atoms with van der Waals surface area (Å²) in [6.45, 7) is 4.28. The molecule has 0 spiro atoms. The first-order chi connectivity index (χ1) is 19.0. The summed E-state index contributed by atoms with van der Waals surface area (Å²) in [6, 6.07) is 19.2. The monoisotopic (exact) mass is 526 g/mol. The lowest BCUT2D eigenvalue weighted by molar-refractivity contribution is -0.119. The Morgan fingerprint density at radius 1 is 0.872 bits per heavy atom. The van der Waals surface area contributed by atoms with E-state index in [-0.39, 0.29) is 11.8 Å². The number of amides is 2. The number of rotatable bonds is 5. The van der Waals surface area contributed by atoms with Crippen LogP contribution in [0.1, 0.15) is 39.0 Å². The van der Waals surface area contributed by atoms with Gasteiger partial charge in [0.05, 0.1) is 37.6 Å². The molecule has 39 heavy (non-hydrogen) atoms. The predicted molar refractivity (Wildman–Crippen MR) is 151 cm³/mol. The second-order valence-corrected chi connectivity index (χ2v) is 10.5. The second-order valence-electron chi connectivity index (χ2n) is 10.5. The molecule has 0 aromatic heterocycles. The molecule has 3 heterocycles. The van der Waals surface area contributed by atoms with E-state index in [1.54, 1.807) is 26.4 Å². The molecule has 8 nitrogen and oxygen atoms in total. The number of anilines is 2. The van der Waals surface area contributed by atoms with Gasteiger partial charge in [-0.2, -0.15) is 0 Å². The van der Waals surface area contributed by atoms with Crippen molar-refractivity contribution in [2.45, 2.75) is 18.4 Å². The van der Waals surface area contributed by atoms with E-state index in [2.05, 4.69) is 34.3 Å². The number of carbonyl (C=O) groups excluding carboxylic acids is 2. The highest BCUT2D eigenvalue weighted by molar-refractivity contribution is 6.06. The van der Waals surface area contributed by atoms with Gasteiger partial charge in [0.15, 0.2) is 11.5 Å². The van der Waals surface area contributed by atoms with Crippen LogP contribution in [0.25, 0.3) is 0 Å². The molecule has 0 radical (unpaired) electrons. The van der Waals surface area contributed by atoms with Crippen molar-refractivity contribution in [3.8, 4) is 11.5 Å². The number of ether oxygens (including phenoxy) is 2. The lowest BCUT2D eigenvalue weighted by atomic mass is 9.75. The number of nitrogens with one attached hydrogen (secondary N) is 1. The van der Waals surface area contributed by atoms with Crippen LogP contribution in [-0.2, 0) is 11.2 Å². The van der Waals surface area contributed by atoms with Crippen LogP contribution in [0.2, 0.25) is 0 Å². The summed E-state index contributed by atoms with van der Waals surface area (Å²) in [7, 11) is 5.25. The summed E-state index contributed by atoms with van der Waals surface area (Å²) < 4.78 is 11.1. The maximum atomic E-state index is 14.4. The molecule has 3 aliphatic heterocycles. The number of hydrogen-bond donors (Lipinski definition) is 1. The summed E-state index contributed by atoms with van der Waals surface area (Å²) in [5, 5.41) is 3.27. The van der Waals surface area contributed by atoms with Gasteiger partial charge >= 0.3 is 0 Å². The number of methoxy groups -OCH3 is 2. The molecule has 6 rings (SSSR count). The Kier molecular flexibility index (Phi) is 6.64. The van der Waals surface area contributed by atoms with E-state index in [1.165, 1.54) is 5.56 Å². The third kappa shape index (κ3) is 4.38. The minimum Gasteiger partial charge on any atom is -0.493 e. The molecule has 202 valence electrons. The van der Waals surface area contributed by atoms with Gasteiger partial charge in [-0.25, -0.2) is 0 Å². The number of piperazine rings is 1. The van der Waals surface area contributed by atoms with Crippen LogP contribution in [0.4, 0.5) is 11.4 Å². The maximum absolute atomic E-state index is 14.4. The van der Waals surface area contributed by atoms with Crippen molar-refractivity contribution in [3.05, 3.63) is 82.9 Å². The Balaban J connectivity index is 1.44. The number of para-hydroxylation sites is 2. The van der Waals surface area contributed by atoms with Crippen LogP contribution >= 0.6 is 0 Å². The van der Waals surface area contributed by atoms with Crippen LogP contribution in [-0.4, -0.2) is 75.6 Å². The van der Waals surface area contributed by atoms with Gasteiger partial charge in [-0.05, 0) is 54.4 Å². The number of nitrogens with zero attached hydrogens (tertiary/aromatic N) is 3. The van der Waals surface area contributed by atoms with Crippen molar-refractivity contribution in [2.24, 2.45) is 0 Å². The molecule has 2 amide bonds. The lowest BCUT2D eigenvalue weighted by Crippen LogP contribution is -2.49. The van der Waals surface area contributed by atoms with E-state index in [4.69, 9.17) is 9.47 Å². The third-order valence-corrected chi connectivity index (χ3v) is 8.32. The molecule has 1 saturated heterocycles. The van der Waals surface area contributed by atoms with Crippen molar-refractivity contribution in [1.82, 2.24) is 9.80 Å². The Labute approximate surface area is 229 Å². The zero-order valence-electron chi connectivity index (χ0n) is 22.6. The first-order valence-corrected chi connectivity index (χ1v) is 13.5. The molecule has 3 aliphatic rings. The zero-order valence-corrected chi connectivity index (χ0v) is 22.6. The van der Waals surface area contributed by atoms with Crippen LogP contribution < -0.4 is 19.7 Å². The average Bonchev–Trinajstić information content (AvgIpc) is 2.97. The predicted octanol–water partition coefficient (Wildman–Crippen LogP) is 3.93.